The topological polar surface area (TPSA) is 76.6 Å². The number of likely N-dealkylation sites (tertiary alicyclic amines) is 1. The molecule has 5 heteroatoms. The van der Waals surface area contributed by atoms with E-state index in [9.17, 15) is 9.59 Å². The number of hydrogen-bond acceptors (Lipinski definition) is 2. The first-order valence-electron chi connectivity index (χ1n) is 7.04. The molecule has 1 unspecified atom stereocenters. The fourth-order valence-electron chi connectivity index (χ4n) is 2.69. The molecule has 2 amide bonds. The van der Waals surface area contributed by atoms with Gasteiger partial charge >= 0.3 is 0 Å². The van der Waals surface area contributed by atoms with Gasteiger partial charge in [0, 0.05) is 5.69 Å². The van der Waals surface area contributed by atoms with Crippen molar-refractivity contribution in [1.82, 2.24) is 0 Å². The molecule has 1 heterocycles. The van der Waals surface area contributed by atoms with Crippen molar-refractivity contribution in [3.05, 3.63) is 29.8 Å². The Kier molecular flexibility index (Phi) is 4.74. The van der Waals surface area contributed by atoms with Crippen LogP contribution in [-0.4, -0.2) is 31.4 Å². The molecule has 1 aromatic rings. The first-order valence-corrected chi connectivity index (χ1v) is 7.04. The zero-order chi connectivity index (χ0) is 14.5. The van der Waals surface area contributed by atoms with Crippen LogP contribution in [0.4, 0.5) is 5.69 Å². The van der Waals surface area contributed by atoms with Crippen LogP contribution >= 0.6 is 0 Å². The van der Waals surface area contributed by atoms with Gasteiger partial charge in [-0.3, -0.25) is 9.59 Å². The maximum absolute atomic E-state index is 12.1. The molecule has 1 saturated heterocycles. The highest BCUT2D eigenvalue weighted by Gasteiger charge is 2.28. The van der Waals surface area contributed by atoms with Gasteiger partial charge in [-0.1, -0.05) is 18.2 Å². The van der Waals surface area contributed by atoms with E-state index in [0.717, 1.165) is 35.5 Å². The number of carbonyl (C=O) groups is 2. The van der Waals surface area contributed by atoms with Gasteiger partial charge in [0.1, 0.15) is 0 Å². The molecule has 1 aliphatic rings. The largest absolute Gasteiger partial charge is 0.369 e. The number of aryl methyl sites for hydroxylation is 1. The standard InChI is InChI=1S/C15H21N3O2/c1-11-5-2-3-7-13(11)17-14(19)10-18-8-4-6-12(9-18)15(16)20/h2-3,5,7,12H,4,6,8-10H2,1H3,(H2,16,20)(H,17,19)/p+1/t12-/m1/s1. The fourth-order valence-corrected chi connectivity index (χ4v) is 2.69. The van der Waals surface area contributed by atoms with E-state index in [4.69, 9.17) is 5.73 Å². The smallest absolute Gasteiger partial charge is 0.279 e. The second-order valence-electron chi connectivity index (χ2n) is 5.49. The van der Waals surface area contributed by atoms with Crippen molar-refractivity contribution >= 4 is 17.5 Å². The lowest BCUT2D eigenvalue weighted by Crippen LogP contribution is -3.14. The van der Waals surface area contributed by atoms with E-state index >= 15 is 0 Å². The predicted octanol–water partition coefficient (Wildman–Crippen LogP) is -0.286. The number of para-hydroxylation sites is 1. The van der Waals surface area contributed by atoms with Crippen molar-refractivity contribution in [2.75, 3.05) is 25.0 Å². The Hall–Kier alpha value is -1.88. The van der Waals surface area contributed by atoms with Gasteiger partial charge in [-0.05, 0) is 31.4 Å². The van der Waals surface area contributed by atoms with E-state index in [0.29, 0.717) is 13.1 Å². The maximum atomic E-state index is 12.1. The lowest BCUT2D eigenvalue weighted by molar-refractivity contribution is -0.899. The van der Waals surface area contributed by atoms with E-state index < -0.39 is 0 Å². The number of carbonyl (C=O) groups excluding carboxylic acids is 2. The Bertz CT molecular complexity index is 502. The summed E-state index contributed by atoms with van der Waals surface area (Å²) in [6, 6.07) is 7.70. The number of rotatable bonds is 4. The molecule has 0 aromatic heterocycles. The number of quaternary nitrogens is 1. The summed E-state index contributed by atoms with van der Waals surface area (Å²) >= 11 is 0. The van der Waals surface area contributed by atoms with Gasteiger partial charge in [-0.25, -0.2) is 0 Å². The number of anilines is 1. The average molecular weight is 276 g/mol. The monoisotopic (exact) mass is 276 g/mol. The minimum Gasteiger partial charge on any atom is -0.369 e. The molecule has 0 bridgehead atoms. The minimum absolute atomic E-state index is 0.0144. The zero-order valence-electron chi connectivity index (χ0n) is 11.8. The summed E-state index contributed by atoms with van der Waals surface area (Å²) in [6.45, 7) is 3.94. The fraction of sp³-hybridized carbons (Fsp3) is 0.467. The molecule has 5 nitrogen and oxygen atoms in total. The van der Waals surface area contributed by atoms with Crippen LogP contribution in [-0.2, 0) is 9.59 Å². The third kappa shape index (κ3) is 3.81. The summed E-state index contributed by atoms with van der Waals surface area (Å²) in [5, 5.41) is 2.93. The molecule has 1 aliphatic heterocycles. The summed E-state index contributed by atoms with van der Waals surface area (Å²) in [5.41, 5.74) is 7.24. The van der Waals surface area contributed by atoms with Crippen molar-refractivity contribution in [3.63, 3.8) is 0 Å². The Morgan fingerprint density at radius 1 is 1.40 bits per heavy atom. The summed E-state index contributed by atoms with van der Waals surface area (Å²) in [7, 11) is 0. The van der Waals surface area contributed by atoms with Gasteiger partial charge in [-0.15, -0.1) is 0 Å². The summed E-state index contributed by atoms with van der Waals surface area (Å²) in [5.74, 6) is -0.356. The van der Waals surface area contributed by atoms with Gasteiger partial charge in [0.05, 0.1) is 19.0 Å². The Morgan fingerprint density at radius 3 is 2.85 bits per heavy atom. The highest BCUT2D eigenvalue weighted by molar-refractivity contribution is 5.92. The van der Waals surface area contributed by atoms with E-state index in [1.807, 2.05) is 31.2 Å². The Morgan fingerprint density at radius 2 is 2.15 bits per heavy atom. The number of primary amides is 1. The zero-order valence-corrected chi connectivity index (χ0v) is 11.8. The summed E-state index contributed by atoms with van der Waals surface area (Å²) in [4.78, 5) is 24.4. The molecule has 0 saturated carbocycles. The van der Waals surface area contributed by atoms with Gasteiger partial charge in [0.2, 0.25) is 5.91 Å². The Balaban J connectivity index is 1.88. The summed E-state index contributed by atoms with van der Waals surface area (Å²) in [6.07, 6.45) is 1.79. The molecular formula is C15H22N3O2+. The normalized spacial score (nSPS) is 22.2. The van der Waals surface area contributed by atoms with Crippen LogP contribution in [0.2, 0.25) is 0 Å². The number of piperidine rings is 1. The predicted molar refractivity (Wildman–Crippen MR) is 77.3 cm³/mol. The third-order valence-electron chi connectivity index (χ3n) is 3.85. The number of benzene rings is 1. The molecular weight excluding hydrogens is 254 g/mol. The number of nitrogens with one attached hydrogen (secondary N) is 2. The molecule has 1 aromatic carbocycles. The van der Waals surface area contributed by atoms with Crippen LogP contribution in [0.5, 0.6) is 0 Å². The van der Waals surface area contributed by atoms with Crippen LogP contribution < -0.4 is 16.0 Å². The lowest BCUT2D eigenvalue weighted by Gasteiger charge is -2.27. The van der Waals surface area contributed by atoms with E-state index in [1.165, 1.54) is 0 Å². The van der Waals surface area contributed by atoms with Crippen molar-refractivity contribution in [3.8, 4) is 0 Å². The minimum atomic E-state index is -0.249. The molecule has 2 rings (SSSR count). The van der Waals surface area contributed by atoms with Crippen molar-refractivity contribution < 1.29 is 14.5 Å². The summed E-state index contributed by atoms with van der Waals surface area (Å²) < 4.78 is 0. The molecule has 20 heavy (non-hydrogen) atoms. The molecule has 4 N–H and O–H groups in total. The number of amides is 2. The third-order valence-corrected chi connectivity index (χ3v) is 3.85. The van der Waals surface area contributed by atoms with Gasteiger partial charge in [0.25, 0.3) is 5.91 Å². The molecule has 0 aliphatic carbocycles. The number of nitrogens with two attached hydrogens (primary N) is 1. The number of hydrogen-bond donors (Lipinski definition) is 3. The maximum Gasteiger partial charge on any atom is 0.279 e. The quantitative estimate of drug-likeness (QED) is 0.707. The van der Waals surface area contributed by atoms with E-state index in [-0.39, 0.29) is 17.7 Å². The van der Waals surface area contributed by atoms with Crippen molar-refractivity contribution in [1.29, 1.82) is 0 Å². The SMILES string of the molecule is Cc1ccccc1NC(=O)C[NH+]1CCC[C@@H](C(N)=O)C1. The molecule has 0 radical (unpaired) electrons. The van der Waals surface area contributed by atoms with E-state index in [2.05, 4.69) is 5.32 Å². The van der Waals surface area contributed by atoms with Crippen LogP contribution in [0, 0.1) is 12.8 Å². The molecule has 0 spiro atoms. The average Bonchev–Trinajstić information content (AvgIpc) is 2.41. The van der Waals surface area contributed by atoms with Crippen molar-refractivity contribution in [2.45, 2.75) is 19.8 Å². The van der Waals surface area contributed by atoms with Gasteiger partial charge in [-0.2, -0.15) is 0 Å². The Labute approximate surface area is 119 Å². The van der Waals surface area contributed by atoms with Crippen LogP contribution in [0.1, 0.15) is 18.4 Å². The highest BCUT2D eigenvalue weighted by atomic mass is 16.2. The van der Waals surface area contributed by atoms with Crippen LogP contribution in [0.3, 0.4) is 0 Å². The first kappa shape index (κ1) is 14.5. The highest BCUT2D eigenvalue weighted by Crippen LogP contribution is 2.12. The molecule has 1 fully saturated rings. The second kappa shape index (κ2) is 6.52. The van der Waals surface area contributed by atoms with Crippen LogP contribution in [0.25, 0.3) is 0 Å². The second-order valence-corrected chi connectivity index (χ2v) is 5.49. The van der Waals surface area contributed by atoms with E-state index in [1.54, 1.807) is 0 Å². The van der Waals surface area contributed by atoms with Crippen LogP contribution in [0.15, 0.2) is 24.3 Å². The van der Waals surface area contributed by atoms with Crippen molar-refractivity contribution in [2.24, 2.45) is 11.7 Å². The first-order chi connectivity index (χ1) is 9.56. The van der Waals surface area contributed by atoms with Gasteiger partial charge < -0.3 is 16.0 Å². The lowest BCUT2D eigenvalue weighted by atomic mass is 9.97. The molecule has 2 atom stereocenters. The van der Waals surface area contributed by atoms with Gasteiger partial charge in [0.15, 0.2) is 6.54 Å². The molecule has 108 valence electrons.